The molecule has 0 spiro atoms. The lowest BCUT2D eigenvalue weighted by molar-refractivity contribution is -0.388. The van der Waals surface area contributed by atoms with Gasteiger partial charge in [-0.25, -0.2) is 0 Å². The summed E-state index contributed by atoms with van der Waals surface area (Å²) in [7, 11) is 1.74. The first-order chi connectivity index (χ1) is 35.0. The largest absolute Gasteiger partial charge is 0.492 e. The van der Waals surface area contributed by atoms with Crippen LogP contribution in [0.5, 0.6) is 0 Å². The van der Waals surface area contributed by atoms with Crippen molar-refractivity contribution in [2.75, 3.05) is 26.9 Å². The monoisotopic (exact) mass is 1060 g/mol. The first kappa shape index (κ1) is 57.1. The van der Waals surface area contributed by atoms with Crippen molar-refractivity contribution >= 4 is 0 Å². The minimum atomic E-state index is -1.75. The lowest BCUT2D eigenvalue weighted by Crippen LogP contribution is -2.66. The predicted octanol–water partition coefficient (Wildman–Crippen LogP) is -1.41. The van der Waals surface area contributed by atoms with Gasteiger partial charge in [-0.15, -0.1) is 0 Å². The summed E-state index contributed by atoms with van der Waals surface area (Å²) in [5, 5.41) is 127. The maximum absolute atomic E-state index is 12.1. The van der Waals surface area contributed by atoms with Crippen molar-refractivity contribution in [1.82, 2.24) is 0 Å². The van der Waals surface area contributed by atoms with Crippen LogP contribution in [0.25, 0.3) is 0 Å². The predicted molar refractivity (Wildman–Crippen MR) is 254 cm³/mol. The highest BCUT2D eigenvalue weighted by Crippen LogP contribution is 2.70. The molecular formula is C52H84O22. The molecule has 22 heteroatoms. The number of hydrogen-bond donors (Lipinski definition) is 12. The van der Waals surface area contributed by atoms with Crippen LogP contribution >= 0.6 is 0 Å². The van der Waals surface area contributed by atoms with Crippen LogP contribution in [-0.4, -0.2) is 229 Å². The first-order valence-electron chi connectivity index (χ1n) is 26.8. The summed E-state index contributed by atoms with van der Waals surface area (Å²) in [5.74, 6) is 2.02. The fourth-order valence-corrected chi connectivity index (χ4v) is 14.8. The minimum Gasteiger partial charge on any atom is -0.492 e. The molecule has 0 aromatic rings. The molecule has 3 saturated carbocycles. The van der Waals surface area contributed by atoms with Crippen molar-refractivity contribution < 1.29 is 109 Å². The summed E-state index contributed by atoms with van der Waals surface area (Å²) in [6, 6.07) is 0. The van der Waals surface area contributed by atoms with Crippen molar-refractivity contribution in [3.05, 3.63) is 23.5 Å². The molecule has 9 aliphatic rings. The zero-order valence-electron chi connectivity index (χ0n) is 43.5. The Hall–Kier alpha value is -1.56. The van der Waals surface area contributed by atoms with Gasteiger partial charge in [-0.1, -0.05) is 32.4 Å². The molecule has 9 rings (SSSR count). The zero-order chi connectivity index (χ0) is 53.5. The van der Waals surface area contributed by atoms with Crippen LogP contribution in [0.15, 0.2) is 23.5 Å². The smallest absolute Gasteiger partial charge is 0.187 e. The number of methoxy groups -OCH3 is 1. The van der Waals surface area contributed by atoms with Crippen LogP contribution in [0.2, 0.25) is 0 Å². The van der Waals surface area contributed by atoms with Gasteiger partial charge >= 0.3 is 0 Å². The van der Waals surface area contributed by atoms with Crippen molar-refractivity contribution in [3.8, 4) is 0 Å². The number of aliphatic hydroxyl groups is 12. The summed E-state index contributed by atoms with van der Waals surface area (Å²) < 4.78 is 61.4. The molecule has 30 unspecified atom stereocenters. The number of aliphatic hydroxyl groups excluding tert-OH is 12. The van der Waals surface area contributed by atoms with Crippen LogP contribution in [0.1, 0.15) is 92.9 Å². The second-order valence-corrected chi connectivity index (χ2v) is 23.7. The molecule has 5 saturated heterocycles. The fraction of sp³-hybridized carbons (Fsp3) is 0.923. The summed E-state index contributed by atoms with van der Waals surface area (Å²) in [6.45, 7) is 10.8. The topological polar surface area (TPSA) is 335 Å². The Morgan fingerprint density at radius 2 is 1.26 bits per heavy atom. The van der Waals surface area contributed by atoms with Gasteiger partial charge in [0.05, 0.1) is 38.1 Å². The SMILES string of the molecule is COC1(C)C(=CCC(C)COC2OC(CO)C(O)C(O)C2O)OC2CC3C4CC=C5CC(OC6OC(CO)C(OC7OC(C)C(O)C(O)C7O)C(O)C6OC6OC(C)C(O)C(O)C6O)CCC5(C)C4CCC3(C)C21. The molecule has 8 fully saturated rings. The second-order valence-electron chi connectivity index (χ2n) is 23.7. The van der Waals surface area contributed by atoms with E-state index in [4.69, 9.17) is 47.4 Å². The van der Waals surface area contributed by atoms with Gasteiger partial charge in [0.2, 0.25) is 0 Å². The van der Waals surface area contributed by atoms with E-state index in [0.29, 0.717) is 37.0 Å². The van der Waals surface area contributed by atoms with E-state index < -0.39 is 148 Å². The van der Waals surface area contributed by atoms with Crippen molar-refractivity contribution in [3.63, 3.8) is 0 Å². The summed E-state index contributed by atoms with van der Waals surface area (Å²) >= 11 is 0. The maximum atomic E-state index is 12.1. The van der Waals surface area contributed by atoms with E-state index in [0.717, 1.165) is 37.9 Å². The number of hydrogen-bond acceptors (Lipinski definition) is 22. The Balaban J connectivity index is 0.869. The average molecular weight is 1060 g/mol. The van der Waals surface area contributed by atoms with E-state index in [1.807, 2.05) is 6.92 Å². The summed E-state index contributed by atoms with van der Waals surface area (Å²) in [5.41, 5.74) is 0.382. The van der Waals surface area contributed by atoms with Crippen molar-refractivity contribution in [2.24, 2.45) is 40.4 Å². The molecule has 4 aliphatic carbocycles. The third-order valence-electron chi connectivity index (χ3n) is 19.3. The molecule has 74 heavy (non-hydrogen) atoms. The molecule has 5 aliphatic heterocycles. The van der Waals surface area contributed by atoms with E-state index in [2.05, 4.69) is 32.9 Å². The Labute approximate surface area is 432 Å². The Bertz CT molecular complexity index is 1980. The van der Waals surface area contributed by atoms with Crippen LogP contribution in [0.4, 0.5) is 0 Å². The van der Waals surface area contributed by atoms with Crippen LogP contribution < -0.4 is 0 Å². The summed E-state index contributed by atoms with van der Waals surface area (Å²) in [4.78, 5) is 0. The van der Waals surface area contributed by atoms with E-state index >= 15 is 0 Å². The summed E-state index contributed by atoms with van der Waals surface area (Å²) in [6.07, 6.45) is -18.5. The third kappa shape index (κ3) is 9.98. The molecule has 12 N–H and O–H groups in total. The van der Waals surface area contributed by atoms with Gasteiger partial charge in [0, 0.05) is 13.0 Å². The highest BCUT2D eigenvalue weighted by molar-refractivity contribution is 5.30. The lowest BCUT2D eigenvalue weighted by Gasteiger charge is -2.59. The average Bonchev–Trinajstić information content (AvgIpc) is 3.85. The molecule has 22 nitrogen and oxygen atoms in total. The van der Waals surface area contributed by atoms with E-state index in [1.165, 1.54) is 19.4 Å². The van der Waals surface area contributed by atoms with Crippen molar-refractivity contribution in [2.45, 2.75) is 234 Å². The number of rotatable bonds is 14. The number of fused-ring (bicyclic) bond motifs is 7. The zero-order valence-corrected chi connectivity index (χ0v) is 43.5. The Morgan fingerprint density at radius 3 is 1.88 bits per heavy atom. The Kier molecular flexibility index (Phi) is 17.1. The molecule has 0 radical (unpaired) electrons. The van der Waals surface area contributed by atoms with Gasteiger partial charge in [-0.3, -0.25) is 0 Å². The first-order valence-corrected chi connectivity index (χ1v) is 26.8. The van der Waals surface area contributed by atoms with Gasteiger partial charge in [-0.2, -0.15) is 0 Å². The van der Waals surface area contributed by atoms with Gasteiger partial charge in [0.1, 0.15) is 103 Å². The Morgan fingerprint density at radius 1 is 0.662 bits per heavy atom. The molecule has 0 amide bonds. The van der Waals surface area contributed by atoms with Gasteiger partial charge in [0.25, 0.3) is 0 Å². The highest BCUT2D eigenvalue weighted by atomic mass is 16.8. The molecule has 424 valence electrons. The molecule has 0 aromatic carbocycles. The normalized spacial score (nSPS) is 54.4. The van der Waals surface area contributed by atoms with E-state index in [1.54, 1.807) is 7.11 Å². The third-order valence-corrected chi connectivity index (χ3v) is 19.3. The molecular weight excluding hydrogens is 977 g/mol. The lowest BCUT2D eigenvalue weighted by atomic mass is 9.46. The van der Waals surface area contributed by atoms with Gasteiger partial charge < -0.3 is 109 Å². The fourth-order valence-electron chi connectivity index (χ4n) is 14.8. The highest BCUT2D eigenvalue weighted by Gasteiger charge is 2.69. The van der Waals surface area contributed by atoms with Crippen LogP contribution in [0.3, 0.4) is 0 Å². The standard InChI is InChI=1S/C52H84O22/c1-21(20-66-46-39(61)38(60)35(57)30(18-53)71-46)8-11-32-52(6,65-7)45-29(70-32)17-28-26-10-9-24-16-25(12-14-50(24,4)27(26)13-15-51(28,45)5)69-49-44(74-48-41(63)37(59)34(56)23(3)68-48)42(64)43(31(19-54)72-49)73-47-40(62)36(58)33(55)22(2)67-47/h9,11,21-23,25-31,33-49,53-64H,8,10,12-20H2,1-7H3. The van der Waals surface area contributed by atoms with Gasteiger partial charge in [0.15, 0.2) is 25.2 Å². The second kappa shape index (κ2) is 22.2. The quantitative estimate of drug-likeness (QED) is 0.0890. The number of ether oxygens (including phenoxy) is 10. The minimum absolute atomic E-state index is 0.0422. The number of allylic oxidation sites excluding steroid dienone is 2. The molecule has 0 aromatic heterocycles. The molecule has 5 heterocycles. The van der Waals surface area contributed by atoms with Crippen LogP contribution in [-0.2, 0) is 47.4 Å². The van der Waals surface area contributed by atoms with Crippen LogP contribution in [0, 0.1) is 40.4 Å². The van der Waals surface area contributed by atoms with E-state index in [-0.39, 0.29) is 35.4 Å². The van der Waals surface area contributed by atoms with E-state index in [9.17, 15) is 61.3 Å². The molecule has 30 atom stereocenters. The van der Waals surface area contributed by atoms with Crippen molar-refractivity contribution in [1.29, 1.82) is 0 Å². The maximum Gasteiger partial charge on any atom is 0.187 e. The molecule has 0 bridgehead atoms. The van der Waals surface area contributed by atoms with Gasteiger partial charge in [-0.05, 0) is 113 Å².